The fourth-order valence-electron chi connectivity index (χ4n) is 1.33. The van der Waals surface area contributed by atoms with Crippen molar-refractivity contribution >= 4 is 27.7 Å². The molecule has 5 heteroatoms. The Kier molecular flexibility index (Phi) is 2.67. The van der Waals surface area contributed by atoms with Crippen LogP contribution >= 0.6 is 15.9 Å². The van der Waals surface area contributed by atoms with Crippen molar-refractivity contribution in [1.29, 1.82) is 0 Å². The first-order valence-corrected chi connectivity index (χ1v) is 5.37. The maximum atomic E-state index is 11.4. The largest absolute Gasteiger partial charge is 0.443 e. The maximum Gasteiger partial charge on any atom is 0.414 e. The molecule has 1 aliphatic heterocycles. The van der Waals surface area contributed by atoms with E-state index >= 15 is 0 Å². The van der Waals surface area contributed by atoms with E-state index < -0.39 is 0 Å². The van der Waals surface area contributed by atoms with Crippen LogP contribution in [0.15, 0.2) is 24.5 Å². The van der Waals surface area contributed by atoms with E-state index in [0.29, 0.717) is 11.9 Å². The highest BCUT2D eigenvalue weighted by Crippen LogP contribution is 2.20. The fourth-order valence-corrected chi connectivity index (χ4v) is 1.66. The van der Waals surface area contributed by atoms with Gasteiger partial charge in [-0.15, -0.1) is 0 Å². The van der Waals surface area contributed by atoms with Gasteiger partial charge in [0.05, 0.1) is 18.4 Å². The van der Waals surface area contributed by atoms with E-state index in [9.17, 15) is 4.79 Å². The van der Waals surface area contributed by atoms with E-state index in [1.54, 1.807) is 23.4 Å². The van der Waals surface area contributed by atoms with Crippen molar-refractivity contribution in [2.75, 3.05) is 16.8 Å². The predicted octanol–water partition coefficient (Wildman–Crippen LogP) is 1.80. The minimum absolute atomic E-state index is 0.0669. The zero-order valence-corrected chi connectivity index (χ0v) is 8.98. The van der Waals surface area contributed by atoms with Crippen LogP contribution in [0.4, 0.5) is 10.5 Å². The number of rotatable bonds is 2. The molecule has 0 bridgehead atoms. The first-order chi connectivity index (χ1) is 6.81. The Labute approximate surface area is 90.0 Å². The lowest BCUT2D eigenvalue weighted by Gasteiger charge is -2.11. The number of amides is 1. The van der Waals surface area contributed by atoms with Gasteiger partial charge in [0.2, 0.25) is 0 Å². The summed E-state index contributed by atoms with van der Waals surface area (Å²) in [6.07, 6.45) is 2.95. The average Bonchev–Trinajstić information content (AvgIpc) is 2.61. The molecular weight excluding hydrogens is 248 g/mol. The molecule has 14 heavy (non-hydrogen) atoms. The highest BCUT2D eigenvalue weighted by molar-refractivity contribution is 9.09. The summed E-state index contributed by atoms with van der Waals surface area (Å²) in [5.41, 5.74) is 0.779. The van der Waals surface area contributed by atoms with Crippen LogP contribution in [0, 0.1) is 0 Å². The number of carbonyl (C=O) groups excluding carboxylic acids is 1. The van der Waals surface area contributed by atoms with Gasteiger partial charge < -0.3 is 4.74 Å². The highest BCUT2D eigenvalue weighted by Gasteiger charge is 2.31. The van der Waals surface area contributed by atoms with Gasteiger partial charge in [-0.25, -0.2) is 4.79 Å². The molecule has 2 heterocycles. The molecule has 0 aromatic carbocycles. The lowest BCUT2D eigenvalue weighted by molar-refractivity contribution is 0.152. The molecule has 1 unspecified atom stereocenters. The van der Waals surface area contributed by atoms with E-state index in [4.69, 9.17) is 4.74 Å². The van der Waals surface area contributed by atoms with Crippen molar-refractivity contribution in [3.05, 3.63) is 24.5 Å². The first-order valence-electron chi connectivity index (χ1n) is 4.25. The van der Waals surface area contributed by atoms with E-state index in [1.807, 2.05) is 6.07 Å². The quantitative estimate of drug-likeness (QED) is 0.758. The van der Waals surface area contributed by atoms with Gasteiger partial charge in [-0.05, 0) is 12.1 Å². The summed E-state index contributed by atoms with van der Waals surface area (Å²) in [5.74, 6) is 0. The van der Waals surface area contributed by atoms with Crippen molar-refractivity contribution < 1.29 is 9.53 Å². The third kappa shape index (κ3) is 1.72. The first kappa shape index (κ1) is 9.45. The molecule has 1 saturated heterocycles. The van der Waals surface area contributed by atoms with Gasteiger partial charge >= 0.3 is 6.09 Å². The molecule has 0 saturated carbocycles. The van der Waals surface area contributed by atoms with Crippen LogP contribution in [0.1, 0.15) is 0 Å². The minimum atomic E-state index is -0.303. The summed E-state index contributed by atoms with van der Waals surface area (Å²) in [6.45, 7) is 0.579. The number of ether oxygens (including phenoxy) is 1. The van der Waals surface area contributed by atoms with Gasteiger partial charge in [-0.3, -0.25) is 9.88 Å². The normalized spacial score (nSPS) is 21.1. The van der Waals surface area contributed by atoms with E-state index in [0.717, 1.165) is 5.69 Å². The third-order valence-corrected chi connectivity index (χ3v) is 2.73. The number of pyridine rings is 1. The highest BCUT2D eigenvalue weighted by atomic mass is 79.9. The second-order valence-electron chi connectivity index (χ2n) is 2.98. The molecule has 1 atom stereocenters. The van der Waals surface area contributed by atoms with E-state index in [1.165, 1.54) is 0 Å². The number of aromatic nitrogens is 1. The Morgan fingerprint density at radius 2 is 2.57 bits per heavy atom. The molecule has 74 valence electrons. The number of hydrogen-bond donors (Lipinski definition) is 0. The zero-order valence-electron chi connectivity index (χ0n) is 7.39. The Balaban J connectivity index is 2.17. The Morgan fingerprint density at radius 3 is 3.14 bits per heavy atom. The van der Waals surface area contributed by atoms with Crippen molar-refractivity contribution in [2.45, 2.75) is 6.10 Å². The van der Waals surface area contributed by atoms with Crippen LogP contribution in [0.3, 0.4) is 0 Å². The molecule has 1 fully saturated rings. The van der Waals surface area contributed by atoms with Gasteiger partial charge in [0.15, 0.2) is 0 Å². The van der Waals surface area contributed by atoms with Gasteiger partial charge in [0.1, 0.15) is 6.10 Å². The lowest BCUT2D eigenvalue weighted by Crippen LogP contribution is -2.24. The lowest BCUT2D eigenvalue weighted by atomic mass is 10.3. The summed E-state index contributed by atoms with van der Waals surface area (Å²) in [6, 6.07) is 3.63. The number of cyclic esters (lactones) is 1. The molecule has 0 aliphatic carbocycles. The Morgan fingerprint density at radius 1 is 1.71 bits per heavy atom. The number of hydrogen-bond acceptors (Lipinski definition) is 3. The van der Waals surface area contributed by atoms with Gasteiger partial charge in [-0.2, -0.15) is 0 Å². The second kappa shape index (κ2) is 3.96. The van der Waals surface area contributed by atoms with Crippen LogP contribution in [0.2, 0.25) is 0 Å². The zero-order chi connectivity index (χ0) is 9.97. The average molecular weight is 257 g/mol. The van der Waals surface area contributed by atoms with Gasteiger partial charge in [0.25, 0.3) is 0 Å². The number of anilines is 1. The van der Waals surface area contributed by atoms with Crippen molar-refractivity contribution in [1.82, 2.24) is 4.98 Å². The van der Waals surface area contributed by atoms with Crippen LogP contribution < -0.4 is 4.90 Å². The molecule has 1 amide bonds. The summed E-state index contributed by atoms with van der Waals surface area (Å²) in [4.78, 5) is 16.9. The molecule has 0 radical (unpaired) electrons. The van der Waals surface area contributed by atoms with Crippen LogP contribution in [-0.2, 0) is 4.74 Å². The van der Waals surface area contributed by atoms with Gasteiger partial charge in [0, 0.05) is 11.5 Å². The van der Waals surface area contributed by atoms with Gasteiger partial charge in [-0.1, -0.05) is 15.9 Å². The molecule has 1 aromatic heterocycles. The standard InChI is InChI=1S/C9H9BrN2O2/c10-4-8-6-12(9(13)14-8)7-2-1-3-11-5-7/h1-3,5,8H,4,6H2. The molecule has 1 aliphatic rings. The molecule has 0 N–H and O–H groups in total. The van der Waals surface area contributed by atoms with Crippen molar-refractivity contribution in [2.24, 2.45) is 0 Å². The van der Waals surface area contributed by atoms with E-state index in [-0.39, 0.29) is 12.2 Å². The molecule has 4 nitrogen and oxygen atoms in total. The number of alkyl halides is 1. The summed E-state index contributed by atoms with van der Waals surface area (Å²) < 4.78 is 5.09. The third-order valence-electron chi connectivity index (χ3n) is 2.00. The van der Waals surface area contributed by atoms with Crippen molar-refractivity contribution in [3.8, 4) is 0 Å². The van der Waals surface area contributed by atoms with Crippen LogP contribution in [0.25, 0.3) is 0 Å². The Bertz CT molecular complexity index is 331. The predicted molar refractivity (Wildman–Crippen MR) is 55.6 cm³/mol. The summed E-state index contributed by atoms with van der Waals surface area (Å²) in [7, 11) is 0. The molecular formula is C9H9BrN2O2. The van der Waals surface area contributed by atoms with Crippen molar-refractivity contribution in [3.63, 3.8) is 0 Å². The molecule has 2 rings (SSSR count). The maximum absolute atomic E-state index is 11.4. The van der Waals surface area contributed by atoms with E-state index in [2.05, 4.69) is 20.9 Å². The monoisotopic (exact) mass is 256 g/mol. The number of halogens is 1. The number of nitrogens with zero attached hydrogens (tertiary/aromatic N) is 2. The molecule has 1 aromatic rings. The molecule has 0 spiro atoms. The minimum Gasteiger partial charge on any atom is -0.443 e. The van der Waals surface area contributed by atoms with Crippen LogP contribution in [-0.4, -0.2) is 29.1 Å². The Hall–Kier alpha value is -1.10. The second-order valence-corrected chi connectivity index (χ2v) is 3.63. The van der Waals surface area contributed by atoms with Crippen LogP contribution in [0.5, 0.6) is 0 Å². The summed E-state index contributed by atoms with van der Waals surface area (Å²) >= 11 is 3.28. The smallest absolute Gasteiger partial charge is 0.414 e. The summed E-state index contributed by atoms with van der Waals surface area (Å²) in [5, 5.41) is 0.662. The fraction of sp³-hybridized carbons (Fsp3) is 0.333. The topological polar surface area (TPSA) is 42.4 Å². The SMILES string of the molecule is O=C1OC(CBr)CN1c1cccnc1. The number of carbonyl (C=O) groups is 1.